The van der Waals surface area contributed by atoms with Crippen molar-refractivity contribution >= 4 is 11.8 Å². The zero-order valence-corrected chi connectivity index (χ0v) is 13.2. The molecule has 0 amide bonds. The summed E-state index contributed by atoms with van der Waals surface area (Å²) in [4.78, 5) is 11.4. The van der Waals surface area contributed by atoms with Crippen molar-refractivity contribution in [1.29, 1.82) is 0 Å². The van der Waals surface area contributed by atoms with E-state index in [-0.39, 0.29) is 11.7 Å². The largest absolute Gasteiger partial charge is 0.494 e. The van der Waals surface area contributed by atoms with Crippen molar-refractivity contribution in [3.63, 3.8) is 0 Å². The Kier molecular flexibility index (Phi) is 5.08. The zero-order valence-electron chi connectivity index (χ0n) is 12.4. The van der Waals surface area contributed by atoms with Crippen LogP contribution in [-0.2, 0) is 12.8 Å². The fraction of sp³-hybridized carbons (Fsp3) is 0.429. The molecule has 3 N–H and O–H groups in total. The Morgan fingerprint density at radius 1 is 1.52 bits per heavy atom. The van der Waals surface area contributed by atoms with Gasteiger partial charge in [0, 0.05) is 24.4 Å². The molecule has 0 aliphatic carbocycles. The SMILES string of the molecule is CCOc1ccc(C(C)N)cc1CSc1n[nH]c(=O)n1C. The van der Waals surface area contributed by atoms with Crippen LogP contribution in [0.1, 0.15) is 31.0 Å². The van der Waals surface area contributed by atoms with E-state index in [0.29, 0.717) is 17.5 Å². The van der Waals surface area contributed by atoms with Crippen LogP contribution in [-0.4, -0.2) is 21.4 Å². The lowest BCUT2D eigenvalue weighted by atomic mass is 10.1. The zero-order chi connectivity index (χ0) is 15.4. The van der Waals surface area contributed by atoms with Gasteiger partial charge in [-0.3, -0.25) is 4.57 Å². The molecule has 1 atom stereocenters. The minimum absolute atomic E-state index is 0.0286. The second kappa shape index (κ2) is 6.82. The van der Waals surface area contributed by atoms with E-state index in [1.165, 1.54) is 16.3 Å². The van der Waals surface area contributed by atoms with E-state index in [2.05, 4.69) is 10.2 Å². The summed E-state index contributed by atoms with van der Waals surface area (Å²) in [5, 5.41) is 7.06. The van der Waals surface area contributed by atoms with Gasteiger partial charge in [-0.25, -0.2) is 9.89 Å². The number of nitrogens with zero attached hydrogens (tertiary/aromatic N) is 2. The van der Waals surface area contributed by atoms with E-state index in [1.807, 2.05) is 32.0 Å². The first-order chi connectivity index (χ1) is 10.0. The second-order valence-corrected chi connectivity index (χ2v) is 5.69. The molecule has 1 aromatic carbocycles. The molecule has 2 aromatic rings. The summed E-state index contributed by atoms with van der Waals surface area (Å²) in [6, 6.07) is 5.95. The van der Waals surface area contributed by atoms with Gasteiger partial charge in [0.2, 0.25) is 0 Å². The highest BCUT2D eigenvalue weighted by molar-refractivity contribution is 7.98. The molecule has 1 aromatic heterocycles. The summed E-state index contributed by atoms with van der Waals surface area (Å²) in [6.07, 6.45) is 0. The van der Waals surface area contributed by atoms with Gasteiger partial charge in [-0.1, -0.05) is 17.8 Å². The van der Waals surface area contributed by atoms with Gasteiger partial charge in [-0.15, -0.1) is 5.10 Å². The van der Waals surface area contributed by atoms with Crippen LogP contribution in [0.25, 0.3) is 0 Å². The van der Waals surface area contributed by atoms with E-state index >= 15 is 0 Å². The third-order valence-electron chi connectivity index (χ3n) is 3.11. The first-order valence-electron chi connectivity index (χ1n) is 6.78. The van der Waals surface area contributed by atoms with Gasteiger partial charge >= 0.3 is 5.69 Å². The molecule has 7 heteroatoms. The molecule has 0 saturated carbocycles. The maximum atomic E-state index is 11.4. The molecule has 21 heavy (non-hydrogen) atoms. The Balaban J connectivity index is 2.22. The molecule has 1 heterocycles. The number of ether oxygens (including phenoxy) is 1. The number of benzene rings is 1. The smallest absolute Gasteiger partial charge is 0.343 e. The van der Waals surface area contributed by atoms with Crippen LogP contribution in [0, 0.1) is 0 Å². The van der Waals surface area contributed by atoms with Gasteiger partial charge < -0.3 is 10.5 Å². The third-order valence-corrected chi connectivity index (χ3v) is 4.18. The third kappa shape index (κ3) is 3.68. The number of thioether (sulfide) groups is 1. The summed E-state index contributed by atoms with van der Waals surface area (Å²) in [5.41, 5.74) is 7.82. The fourth-order valence-electron chi connectivity index (χ4n) is 1.90. The summed E-state index contributed by atoms with van der Waals surface area (Å²) in [7, 11) is 1.69. The van der Waals surface area contributed by atoms with Crippen LogP contribution in [0.4, 0.5) is 0 Å². The Labute approximate surface area is 127 Å². The number of hydrogen-bond donors (Lipinski definition) is 2. The molecule has 0 bridgehead atoms. The van der Waals surface area contributed by atoms with Crippen molar-refractivity contribution in [2.45, 2.75) is 30.8 Å². The van der Waals surface area contributed by atoms with E-state index < -0.39 is 0 Å². The van der Waals surface area contributed by atoms with Crippen LogP contribution < -0.4 is 16.2 Å². The van der Waals surface area contributed by atoms with Gasteiger partial charge in [0.25, 0.3) is 0 Å². The second-order valence-electron chi connectivity index (χ2n) is 4.75. The standard InChI is InChI=1S/C14H20N4O2S/c1-4-20-12-6-5-10(9(2)15)7-11(12)8-21-14-17-16-13(19)18(14)3/h5-7,9H,4,8,15H2,1-3H3,(H,16,19). The summed E-state index contributed by atoms with van der Waals surface area (Å²) in [6.45, 7) is 4.51. The van der Waals surface area contributed by atoms with Gasteiger partial charge in [-0.05, 0) is 31.5 Å². The average molecular weight is 308 g/mol. The quantitative estimate of drug-likeness (QED) is 0.795. The van der Waals surface area contributed by atoms with Crippen LogP contribution in [0.2, 0.25) is 0 Å². The number of hydrogen-bond acceptors (Lipinski definition) is 5. The first kappa shape index (κ1) is 15.7. The predicted octanol–water partition coefficient (Wildman–Crippen LogP) is 1.82. The minimum atomic E-state index is -0.216. The van der Waals surface area contributed by atoms with E-state index in [9.17, 15) is 4.79 Å². The molecular formula is C14H20N4O2S. The maximum Gasteiger partial charge on any atom is 0.343 e. The molecule has 2 rings (SSSR count). The molecule has 6 nitrogen and oxygen atoms in total. The van der Waals surface area contributed by atoms with E-state index in [4.69, 9.17) is 10.5 Å². The molecule has 1 unspecified atom stereocenters. The summed E-state index contributed by atoms with van der Waals surface area (Å²) in [5.74, 6) is 1.50. The number of aromatic nitrogens is 3. The molecule has 0 radical (unpaired) electrons. The number of H-pyrrole nitrogens is 1. The predicted molar refractivity (Wildman–Crippen MR) is 83.6 cm³/mol. The lowest BCUT2D eigenvalue weighted by Gasteiger charge is -2.13. The number of nitrogens with one attached hydrogen (secondary N) is 1. The van der Waals surface area contributed by atoms with Gasteiger partial charge in [0.1, 0.15) is 5.75 Å². The summed E-state index contributed by atoms with van der Waals surface area (Å²) < 4.78 is 7.13. The molecule has 0 saturated heterocycles. The lowest BCUT2D eigenvalue weighted by molar-refractivity contribution is 0.337. The van der Waals surface area contributed by atoms with Crippen LogP contribution in [0.5, 0.6) is 5.75 Å². The Hall–Kier alpha value is -1.73. The molecule has 0 aliphatic rings. The molecule has 0 spiro atoms. The summed E-state index contributed by atoms with van der Waals surface area (Å²) >= 11 is 1.48. The average Bonchev–Trinajstić information content (AvgIpc) is 2.78. The Bertz CT molecular complexity index is 663. The van der Waals surface area contributed by atoms with Gasteiger partial charge in [0.05, 0.1) is 6.61 Å². The van der Waals surface area contributed by atoms with Crippen molar-refractivity contribution in [1.82, 2.24) is 14.8 Å². The normalized spacial score (nSPS) is 12.4. The Morgan fingerprint density at radius 3 is 2.86 bits per heavy atom. The van der Waals surface area contributed by atoms with Crippen molar-refractivity contribution in [3.8, 4) is 5.75 Å². The van der Waals surface area contributed by atoms with Gasteiger partial charge in [-0.2, -0.15) is 0 Å². The highest BCUT2D eigenvalue weighted by Gasteiger charge is 2.11. The molecule has 0 aliphatic heterocycles. The highest BCUT2D eigenvalue weighted by Crippen LogP contribution is 2.28. The van der Waals surface area contributed by atoms with Crippen molar-refractivity contribution < 1.29 is 4.74 Å². The molecule has 0 fully saturated rings. The highest BCUT2D eigenvalue weighted by atomic mass is 32.2. The lowest BCUT2D eigenvalue weighted by Crippen LogP contribution is -2.12. The molecule has 114 valence electrons. The monoisotopic (exact) mass is 308 g/mol. The molecular weight excluding hydrogens is 288 g/mol. The van der Waals surface area contributed by atoms with Crippen LogP contribution >= 0.6 is 11.8 Å². The van der Waals surface area contributed by atoms with Crippen LogP contribution in [0.3, 0.4) is 0 Å². The van der Waals surface area contributed by atoms with E-state index in [0.717, 1.165) is 16.9 Å². The van der Waals surface area contributed by atoms with Crippen molar-refractivity contribution in [3.05, 3.63) is 39.8 Å². The van der Waals surface area contributed by atoms with Crippen LogP contribution in [0.15, 0.2) is 28.2 Å². The van der Waals surface area contributed by atoms with Crippen molar-refractivity contribution in [2.75, 3.05) is 6.61 Å². The van der Waals surface area contributed by atoms with Gasteiger partial charge in [0.15, 0.2) is 5.16 Å². The first-order valence-corrected chi connectivity index (χ1v) is 7.77. The number of rotatable bonds is 6. The fourth-order valence-corrected chi connectivity index (χ4v) is 2.79. The topological polar surface area (TPSA) is 85.9 Å². The number of nitrogens with two attached hydrogens (primary N) is 1. The van der Waals surface area contributed by atoms with Crippen molar-refractivity contribution in [2.24, 2.45) is 12.8 Å². The maximum absolute atomic E-state index is 11.4. The minimum Gasteiger partial charge on any atom is -0.494 e. The van der Waals surface area contributed by atoms with E-state index in [1.54, 1.807) is 7.05 Å². The number of aromatic amines is 1. The Morgan fingerprint density at radius 2 is 2.29 bits per heavy atom.